The molecule has 0 aliphatic rings. The van der Waals surface area contributed by atoms with E-state index in [4.69, 9.17) is 5.11 Å². The van der Waals surface area contributed by atoms with Gasteiger partial charge < -0.3 is 5.11 Å². The second-order valence-electron chi connectivity index (χ2n) is 4.22. The molecule has 0 fully saturated rings. The summed E-state index contributed by atoms with van der Waals surface area (Å²) >= 11 is 0. The molecule has 0 bridgehead atoms. The van der Waals surface area contributed by atoms with Gasteiger partial charge in [0.15, 0.2) is 0 Å². The monoisotopic (exact) mass is 294 g/mol. The van der Waals surface area contributed by atoms with Crippen LogP contribution in [0.25, 0.3) is 0 Å². The number of hydrogen-bond acceptors (Lipinski definition) is 6. The van der Waals surface area contributed by atoms with Crippen LogP contribution in [-0.2, 0) is 16.6 Å². The highest BCUT2D eigenvalue weighted by Gasteiger charge is 2.16. The Labute approximate surface area is 116 Å². The molecule has 0 aliphatic heterocycles. The van der Waals surface area contributed by atoms with Crippen molar-refractivity contribution in [2.24, 2.45) is 0 Å². The summed E-state index contributed by atoms with van der Waals surface area (Å²) in [6.07, 6.45) is 0. The quantitative estimate of drug-likeness (QED) is 0.863. The molecule has 1 aromatic carbocycles. The van der Waals surface area contributed by atoms with Crippen LogP contribution in [0.15, 0.2) is 29.2 Å². The van der Waals surface area contributed by atoms with Gasteiger partial charge in [-0.15, -0.1) is 5.10 Å². The summed E-state index contributed by atoms with van der Waals surface area (Å²) in [5.74, 6) is -0.0810. The molecule has 0 unspecified atom stereocenters. The minimum Gasteiger partial charge on any atom is -0.392 e. The van der Waals surface area contributed by atoms with Crippen molar-refractivity contribution in [2.75, 3.05) is 4.72 Å². The van der Waals surface area contributed by atoms with Gasteiger partial charge in [-0.25, -0.2) is 18.1 Å². The number of nitrogens with one attached hydrogen (secondary N) is 1. The van der Waals surface area contributed by atoms with Gasteiger partial charge >= 0.3 is 0 Å². The minimum absolute atomic E-state index is 0.0332. The second-order valence-corrected chi connectivity index (χ2v) is 5.90. The summed E-state index contributed by atoms with van der Waals surface area (Å²) in [4.78, 5) is 4.05. The third kappa shape index (κ3) is 3.09. The van der Waals surface area contributed by atoms with E-state index in [-0.39, 0.29) is 17.5 Å². The van der Waals surface area contributed by atoms with E-state index in [1.54, 1.807) is 26.0 Å². The van der Waals surface area contributed by atoms with Crippen molar-refractivity contribution in [3.05, 3.63) is 41.2 Å². The van der Waals surface area contributed by atoms with Gasteiger partial charge in [0.25, 0.3) is 16.0 Å². The summed E-state index contributed by atoms with van der Waals surface area (Å²) in [5.41, 5.74) is 1.74. The minimum atomic E-state index is -3.80. The van der Waals surface area contributed by atoms with Crippen LogP contribution >= 0.6 is 0 Å². The van der Waals surface area contributed by atoms with Crippen LogP contribution in [-0.4, -0.2) is 28.7 Å². The Morgan fingerprint density at radius 3 is 2.60 bits per heavy atom. The van der Waals surface area contributed by atoms with Crippen LogP contribution in [0.5, 0.6) is 0 Å². The average molecular weight is 294 g/mol. The Hall–Kier alpha value is -2.06. The van der Waals surface area contributed by atoms with Gasteiger partial charge in [0, 0.05) is 0 Å². The molecule has 0 atom stereocenters. The molecule has 0 radical (unpaired) electrons. The van der Waals surface area contributed by atoms with E-state index in [1.807, 2.05) is 0 Å². The lowest BCUT2D eigenvalue weighted by Crippen LogP contribution is -2.16. The van der Waals surface area contributed by atoms with E-state index in [9.17, 15) is 8.42 Å². The zero-order chi connectivity index (χ0) is 14.8. The molecule has 1 heterocycles. The number of aryl methyl sites for hydroxylation is 2. The lowest BCUT2D eigenvalue weighted by molar-refractivity contribution is 0.281. The molecule has 8 heteroatoms. The highest BCUT2D eigenvalue weighted by molar-refractivity contribution is 7.92. The van der Waals surface area contributed by atoms with Crippen LogP contribution in [0.2, 0.25) is 0 Å². The van der Waals surface area contributed by atoms with Crippen molar-refractivity contribution in [1.82, 2.24) is 15.2 Å². The van der Waals surface area contributed by atoms with Crippen molar-refractivity contribution >= 4 is 16.0 Å². The van der Waals surface area contributed by atoms with Gasteiger partial charge in [0.2, 0.25) is 0 Å². The number of benzene rings is 1. The zero-order valence-corrected chi connectivity index (χ0v) is 11.8. The van der Waals surface area contributed by atoms with E-state index in [0.29, 0.717) is 17.0 Å². The van der Waals surface area contributed by atoms with Gasteiger partial charge in [-0.3, -0.25) is 0 Å². The number of anilines is 1. The van der Waals surface area contributed by atoms with Gasteiger partial charge in [-0.2, -0.15) is 5.10 Å². The lowest BCUT2D eigenvalue weighted by Gasteiger charge is -2.08. The Kier molecular flexibility index (Phi) is 3.96. The molecule has 0 saturated carbocycles. The number of aliphatic hydroxyl groups excluding tert-OH is 1. The van der Waals surface area contributed by atoms with Crippen LogP contribution < -0.4 is 4.72 Å². The van der Waals surface area contributed by atoms with Crippen LogP contribution in [0.3, 0.4) is 0 Å². The number of sulfonamides is 1. The second kappa shape index (κ2) is 5.51. The molecule has 0 amide bonds. The predicted octanol–water partition coefficient (Wildman–Crippen LogP) is 0.782. The fraction of sp³-hybridized carbons (Fsp3) is 0.250. The third-order valence-electron chi connectivity index (χ3n) is 2.71. The molecule has 20 heavy (non-hydrogen) atoms. The molecule has 106 valence electrons. The molecule has 0 spiro atoms. The topological polar surface area (TPSA) is 105 Å². The van der Waals surface area contributed by atoms with Crippen molar-refractivity contribution in [1.29, 1.82) is 0 Å². The SMILES string of the molecule is Cc1nnc(NS(=O)(=O)c2cccc(CO)c2)nc1C. The van der Waals surface area contributed by atoms with E-state index in [1.165, 1.54) is 12.1 Å². The summed E-state index contributed by atoms with van der Waals surface area (Å²) in [7, 11) is -3.80. The number of hydrogen-bond donors (Lipinski definition) is 2. The molecule has 0 saturated heterocycles. The molecule has 0 aliphatic carbocycles. The fourth-order valence-corrected chi connectivity index (χ4v) is 2.50. The van der Waals surface area contributed by atoms with Crippen molar-refractivity contribution < 1.29 is 13.5 Å². The van der Waals surface area contributed by atoms with Gasteiger partial charge in [-0.1, -0.05) is 12.1 Å². The highest BCUT2D eigenvalue weighted by Crippen LogP contribution is 2.15. The molecular weight excluding hydrogens is 280 g/mol. The Balaban J connectivity index is 2.32. The first-order valence-electron chi connectivity index (χ1n) is 5.83. The summed E-state index contributed by atoms with van der Waals surface area (Å²) in [5, 5.41) is 16.5. The molecular formula is C12H14N4O3S. The maximum Gasteiger partial charge on any atom is 0.264 e. The van der Waals surface area contributed by atoms with Crippen LogP contribution in [0, 0.1) is 13.8 Å². The Morgan fingerprint density at radius 2 is 1.95 bits per heavy atom. The van der Waals surface area contributed by atoms with Crippen LogP contribution in [0.1, 0.15) is 17.0 Å². The number of rotatable bonds is 4. The summed E-state index contributed by atoms with van der Waals surface area (Å²) < 4.78 is 26.6. The fourth-order valence-electron chi connectivity index (χ4n) is 1.49. The standard InChI is InChI=1S/C12H14N4O3S/c1-8-9(2)14-15-12(13-8)16-20(18,19)11-5-3-4-10(6-11)7-17/h3-6,17H,7H2,1-2H3,(H,13,15,16). The van der Waals surface area contributed by atoms with Gasteiger partial charge in [0.05, 0.1) is 22.9 Å². The van der Waals surface area contributed by atoms with Crippen molar-refractivity contribution in [2.45, 2.75) is 25.3 Å². The summed E-state index contributed by atoms with van der Waals surface area (Å²) in [6, 6.07) is 6.00. The number of nitrogens with zero attached hydrogens (tertiary/aromatic N) is 3. The molecule has 2 rings (SSSR count). The summed E-state index contributed by atoms with van der Waals surface area (Å²) in [6.45, 7) is 3.22. The smallest absolute Gasteiger partial charge is 0.264 e. The van der Waals surface area contributed by atoms with E-state index in [2.05, 4.69) is 19.9 Å². The first-order chi connectivity index (χ1) is 9.42. The predicted molar refractivity (Wildman–Crippen MR) is 72.5 cm³/mol. The third-order valence-corrected chi connectivity index (χ3v) is 4.03. The molecule has 2 N–H and O–H groups in total. The van der Waals surface area contributed by atoms with Gasteiger partial charge in [-0.05, 0) is 31.5 Å². The van der Waals surface area contributed by atoms with E-state index < -0.39 is 10.0 Å². The molecule has 2 aromatic rings. The zero-order valence-electron chi connectivity index (χ0n) is 11.0. The van der Waals surface area contributed by atoms with Gasteiger partial charge in [0.1, 0.15) is 0 Å². The lowest BCUT2D eigenvalue weighted by atomic mass is 10.2. The normalized spacial score (nSPS) is 11.3. The maximum atomic E-state index is 12.2. The number of aliphatic hydroxyl groups is 1. The maximum absolute atomic E-state index is 12.2. The van der Waals surface area contributed by atoms with Crippen molar-refractivity contribution in [3.63, 3.8) is 0 Å². The first kappa shape index (κ1) is 14.4. The average Bonchev–Trinajstić information content (AvgIpc) is 2.43. The van der Waals surface area contributed by atoms with E-state index in [0.717, 1.165) is 0 Å². The Morgan fingerprint density at radius 1 is 1.20 bits per heavy atom. The Bertz CT molecular complexity index is 731. The largest absolute Gasteiger partial charge is 0.392 e. The first-order valence-corrected chi connectivity index (χ1v) is 7.31. The van der Waals surface area contributed by atoms with Crippen molar-refractivity contribution in [3.8, 4) is 0 Å². The van der Waals surface area contributed by atoms with E-state index >= 15 is 0 Å². The number of aromatic nitrogens is 3. The van der Waals surface area contributed by atoms with Crippen LogP contribution in [0.4, 0.5) is 5.95 Å². The molecule has 1 aromatic heterocycles. The highest BCUT2D eigenvalue weighted by atomic mass is 32.2. The molecule has 7 nitrogen and oxygen atoms in total.